The van der Waals surface area contributed by atoms with Crippen molar-refractivity contribution in [2.45, 2.75) is 38.9 Å². The summed E-state index contributed by atoms with van der Waals surface area (Å²) < 4.78 is 2.95. The number of benzene rings is 2. The molecule has 0 unspecified atom stereocenters. The zero-order chi connectivity index (χ0) is 23.4. The summed E-state index contributed by atoms with van der Waals surface area (Å²) in [6.07, 6.45) is 0. The number of amides is 2. The van der Waals surface area contributed by atoms with Crippen LogP contribution in [-0.4, -0.2) is 32.3 Å². The van der Waals surface area contributed by atoms with E-state index < -0.39 is 0 Å². The third kappa shape index (κ3) is 5.69. The number of anilines is 1. The van der Waals surface area contributed by atoms with Crippen molar-refractivity contribution in [1.29, 1.82) is 0 Å². The summed E-state index contributed by atoms with van der Waals surface area (Å²) in [5.41, 5.74) is 4.46. The third-order valence-corrected chi connectivity index (χ3v) is 6.73. The van der Waals surface area contributed by atoms with Crippen LogP contribution in [0.3, 0.4) is 0 Å². The Kier molecular flexibility index (Phi) is 7.94. The van der Waals surface area contributed by atoms with E-state index in [1.807, 2.05) is 69.6 Å². The molecular weight excluding hydrogens is 537 g/mol. The Morgan fingerprint density at radius 3 is 2.41 bits per heavy atom. The van der Waals surface area contributed by atoms with Crippen molar-refractivity contribution in [3.63, 3.8) is 0 Å². The van der Waals surface area contributed by atoms with Gasteiger partial charge >= 0.3 is 0 Å². The average molecular weight is 563 g/mol. The molecule has 3 rings (SSSR count). The van der Waals surface area contributed by atoms with E-state index in [4.69, 9.17) is 0 Å². The van der Waals surface area contributed by atoms with Crippen LogP contribution in [0.25, 0.3) is 0 Å². The van der Waals surface area contributed by atoms with Gasteiger partial charge < -0.3 is 15.2 Å². The number of hydrogen-bond donors (Lipinski definition) is 2. The number of halogens is 1. The van der Waals surface area contributed by atoms with Gasteiger partial charge in [0.1, 0.15) is 0 Å². The molecule has 32 heavy (non-hydrogen) atoms. The summed E-state index contributed by atoms with van der Waals surface area (Å²) in [6.45, 7) is 7.74. The molecule has 0 aliphatic carbocycles. The highest BCUT2D eigenvalue weighted by Crippen LogP contribution is 2.24. The molecule has 3 aromatic rings. The fourth-order valence-electron chi connectivity index (χ4n) is 3.41. The largest absolute Gasteiger partial charge is 0.342 e. The van der Waals surface area contributed by atoms with E-state index in [0.717, 1.165) is 25.9 Å². The topological polar surface area (TPSA) is 88.9 Å². The zero-order valence-corrected chi connectivity index (χ0v) is 21.7. The predicted molar refractivity (Wildman–Crippen MR) is 136 cm³/mol. The first-order valence-corrected chi connectivity index (χ1v) is 12.2. The lowest BCUT2D eigenvalue weighted by atomic mass is 10.1. The monoisotopic (exact) mass is 563 g/mol. The summed E-state index contributed by atoms with van der Waals surface area (Å²) in [5.74, 6) is 0.573. The predicted octanol–water partition coefficient (Wildman–Crippen LogP) is 4.57. The number of aromatic nitrogens is 3. The van der Waals surface area contributed by atoms with Crippen LogP contribution in [0, 0.1) is 24.3 Å². The molecule has 7 nitrogen and oxygen atoms in total. The Bertz CT molecular complexity index is 1140. The van der Waals surface area contributed by atoms with Crippen molar-refractivity contribution in [3.05, 3.63) is 68.0 Å². The van der Waals surface area contributed by atoms with E-state index >= 15 is 0 Å². The molecule has 9 heteroatoms. The average Bonchev–Trinajstić information content (AvgIpc) is 3.09. The molecular formula is C23H26IN5O2S. The number of nitrogens with one attached hydrogen (secondary N) is 2. The van der Waals surface area contributed by atoms with Gasteiger partial charge in [0.2, 0.25) is 5.91 Å². The quantitative estimate of drug-likeness (QED) is 0.325. The number of thioether (sulfide) groups is 1. The van der Waals surface area contributed by atoms with Gasteiger partial charge in [0, 0.05) is 21.9 Å². The van der Waals surface area contributed by atoms with Crippen LogP contribution >= 0.6 is 34.4 Å². The lowest BCUT2D eigenvalue weighted by Crippen LogP contribution is -2.29. The summed E-state index contributed by atoms with van der Waals surface area (Å²) >= 11 is 3.58. The second-order valence-corrected chi connectivity index (χ2v) is 9.85. The highest BCUT2D eigenvalue weighted by atomic mass is 127. The van der Waals surface area contributed by atoms with Gasteiger partial charge in [0.05, 0.1) is 11.8 Å². The molecule has 0 saturated heterocycles. The molecule has 2 N–H and O–H groups in total. The van der Waals surface area contributed by atoms with E-state index in [2.05, 4.69) is 43.4 Å². The molecule has 2 amide bonds. The molecule has 1 heterocycles. The molecule has 0 saturated carbocycles. The maximum absolute atomic E-state index is 12.6. The first kappa shape index (κ1) is 24.2. The lowest BCUT2D eigenvalue weighted by Gasteiger charge is -2.15. The fourth-order valence-corrected chi connectivity index (χ4v) is 5.06. The minimum Gasteiger partial charge on any atom is -0.342 e. The fraction of sp³-hybridized carbons (Fsp3) is 0.304. The summed E-state index contributed by atoms with van der Waals surface area (Å²) in [4.78, 5) is 25.1. The molecule has 1 aromatic heterocycles. The Morgan fingerprint density at radius 1 is 1.09 bits per heavy atom. The van der Waals surface area contributed by atoms with E-state index in [1.165, 1.54) is 11.8 Å². The lowest BCUT2D eigenvalue weighted by molar-refractivity contribution is -0.113. The SMILES string of the molecule is Cc1ccccc1C(=O)N[C@@H](C)c1nnc(SCC(=O)Nc2c(C)cc(I)cc2C)n1C. The second-order valence-electron chi connectivity index (χ2n) is 7.66. The van der Waals surface area contributed by atoms with Crippen molar-refractivity contribution in [2.75, 3.05) is 11.1 Å². The second kappa shape index (κ2) is 10.5. The number of carbonyl (C=O) groups is 2. The summed E-state index contributed by atoms with van der Waals surface area (Å²) in [6, 6.07) is 11.2. The van der Waals surface area contributed by atoms with Crippen LogP contribution in [0.5, 0.6) is 0 Å². The number of rotatable bonds is 7. The first-order chi connectivity index (χ1) is 15.2. The summed E-state index contributed by atoms with van der Waals surface area (Å²) in [5, 5.41) is 15.0. The highest BCUT2D eigenvalue weighted by Gasteiger charge is 2.20. The Labute approximate surface area is 205 Å². The van der Waals surface area contributed by atoms with Crippen molar-refractivity contribution < 1.29 is 9.59 Å². The van der Waals surface area contributed by atoms with Gasteiger partial charge in [-0.15, -0.1) is 10.2 Å². The molecule has 0 fully saturated rings. The highest BCUT2D eigenvalue weighted by molar-refractivity contribution is 14.1. The van der Waals surface area contributed by atoms with Crippen LogP contribution in [0.15, 0.2) is 41.6 Å². The molecule has 0 radical (unpaired) electrons. The van der Waals surface area contributed by atoms with Crippen LogP contribution in [0.4, 0.5) is 5.69 Å². The van der Waals surface area contributed by atoms with Crippen molar-refractivity contribution in [2.24, 2.45) is 7.05 Å². The third-order valence-electron chi connectivity index (χ3n) is 5.09. The van der Waals surface area contributed by atoms with Crippen LogP contribution < -0.4 is 10.6 Å². The minimum absolute atomic E-state index is 0.104. The molecule has 168 valence electrons. The molecule has 0 aliphatic heterocycles. The molecule has 1 atom stereocenters. The molecule has 0 aliphatic rings. The first-order valence-electron chi connectivity index (χ1n) is 10.1. The Hall–Kier alpha value is -2.40. The normalized spacial score (nSPS) is 11.8. The molecule has 2 aromatic carbocycles. The standard InChI is InChI=1S/C23H26IN5O2S/c1-13-8-6-7-9-18(13)22(31)25-16(4)21-27-28-23(29(21)5)32-12-19(30)26-20-14(2)10-17(24)11-15(20)3/h6-11,16H,12H2,1-5H3,(H,25,31)(H,26,30)/t16-/m0/s1. The van der Waals surface area contributed by atoms with Crippen molar-refractivity contribution in [3.8, 4) is 0 Å². The number of aryl methyl sites for hydroxylation is 3. The molecule has 0 bridgehead atoms. The zero-order valence-electron chi connectivity index (χ0n) is 18.7. The van der Waals surface area contributed by atoms with Gasteiger partial charge in [0.15, 0.2) is 11.0 Å². The van der Waals surface area contributed by atoms with E-state index in [0.29, 0.717) is 16.5 Å². The van der Waals surface area contributed by atoms with Crippen LogP contribution in [0.2, 0.25) is 0 Å². The van der Waals surface area contributed by atoms with Gasteiger partial charge in [-0.3, -0.25) is 9.59 Å². The van der Waals surface area contributed by atoms with Crippen molar-refractivity contribution in [1.82, 2.24) is 20.1 Å². The van der Waals surface area contributed by atoms with E-state index in [-0.39, 0.29) is 23.6 Å². The number of hydrogen-bond acceptors (Lipinski definition) is 5. The Balaban J connectivity index is 1.61. The maximum Gasteiger partial charge on any atom is 0.252 e. The van der Waals surface area contributed by atoms with Gasteiger partial charge in [-0.1, -0.05) is 30.0 Å². The smallest absolute Gasteiger partial charge is 0.252 e. The van der Waals surface area contributed by atoms with E-state index in [9.17, 15) is 9.59 Å². The number of nitrogens with zero attached hydrogens (tertiary/aromatic N) is 3. The number of carbonyl (C=O) groups excluding carboxylic acids is 2. The maximum atomic E-state index is 12.6. The van der Waals surface area contributed by atoms with E-state index in [1.54, 1.807) is 6.07 Å². The van der Waals surface area contributed by atoms with Gasteiger partial charge in [-0.2, -0.15) is 0 Å². The van der Waals surface area contributed by atoms with Gasteiger partial charge in [-0.05, 0) is 85.2 Å². The minimum atomic E-state index is -0.333. The van der Waals surface area contributed by atoms with Crippen LogP contribution in [0.1, 0.15) is 45.8 Å². The Morgan fingerprint density at radius 2 is 1.75 bits per heavy atom. The van der Waals surface area contributed by atoms with Gasteiger partial charge in [0.25, 0.3) is 5.91 Å². The molecule has 0 spiro atoms. The van der Waals surface area contributed by atoms with Crippen LogP contribution in [-0.2, 0) is 11.8 Å². The van der Waals surface area contributed by atoms with Crippen molar-refractivity contribution >= 4 is 51.9 Å². The van der Waals surface area contributed by atoms with Gasteiger partial charge in [-0.25, -0.2) is 0 Å². The summed E-state index contributed by atoms with van der Waals surface area (Å²) in [7, 11) is 1.83.